The smallest absolute Gasteiger partial charge is 0.272 e. The Morgan fingerprint density at radius 2 is 2.27 bits per heavy atom. The highest BCUT2D eigenvalue weighted by atomic mass is 16.2. The summed E-state index contributed by atoms with van der Waals surface area (Å²) in [7, 11) is 1.52. The van der Waals surface area contributed by atoms with Crippen LogP contribution in [0.4, 0.5) is 0 Å². The number of amides is 3. The molecule has 114 valence electrons. The van der Waals surface area contributed by atoms with E-state index in [0.29, 0.717) is 12.1 Å². The number of imide groups is 1. The third-order valence-corrected chi connectivity index (χ3v) is 3.28. The van der Waals surface area contributed by atoms with Crippen molar-refractivity contribution in [3.8, 4) is 11.8 Å². The maximum Gasteiger partial charge on any atom is 0.272 e. The maximum absolute atomic E-state index is 12.4. The summed E-state index contributed by atoms with van der Waals surface area (Å²) in [5, 5.41) is 2.23. The van der Waals surface area contributed by atoms with Gasteiger partial charge < -0.3 is 10.6 Å². The molecule has 3 N–H and O–H groups in total. The first-order chi connectivity index (χ1) is 10.5. The number of likely N-dealkylation sites (N-methyl/N-ethyl adjacent to an activating group) is 1. The van der Waals surface area contributed by atoms with Crippen molar-refractivity contribution >= 4 is 17.7 Å². The molecular weight excluding hydrogens is 284 g/mol. The number of rotatable bonds is 2. The van der Waals surface area contributed by atoms with Gasteiger partial charge in [-0.05, 0) is 24.5 Å². The van der Waals surface area contributed by atoms with Crippen LogP contribution in [0.25, 0.3) is 0 Å². The largest absolute Gasteiger partial charge is 0.328 e. The molecule has 0 spiro atoms. The van der Waals surface area contributed by atoms with E-state index < -0.39 is 17.9 Å². The van der Waals surface area contributed by atoms with E-state index in [-0.39, 0.29) is 24.6 Å². The highest BCUT2D eigenvalue weighted by molar-refractivity contribution is 6.03. The summed E-state index contributed by atoms with van der Waals surface area (Å²) >= 11 is 0. The molecule has 0 bridgehead atoms. The minimum absolute atomic E-state index is 0.191. The molecule has 1 fully saturated rings. The fraction of sp³-hybridized carbons (Fsp3) is 0.333. The Kier molecular flexibility index (Phi) is 4.86. The molecule has 1 aliphatic rings. The van der Waals surface area contributed by atoms with Gasteiger partial charge in [-0.25, -0.2) is 4.98 Å². The zero-order valence-electron chi connectivity index (χ0n) is 12.1. The zero-order valence-corrected chi connectivity index (χ0v) is 12.1. The SMILES string of the molecule is CN(C(=O)c1cccc(C#CCN)n1)C1CCC(=O)NC1=O. The van der Waals surface area contributed by atoms with Gasteiger partial charge in [0.05, 0.1) is 6.54 Å². The van der Waals surface area contributed by atoms with Gasteiger partial charge in [0.15, 0.2) is 0 Å². The number of carbonyl (C=O) groups excluding carboxylic acids is 3. The fourth-order valence-electron chi connectivity index (χ4n) is 2.14. The molecule has 1 aromatic rings. The van der Waals surface area contributed by atoms with Crippen LogP contribution >= 0.6 is 0 Å². The molecule has 1 atom stereocenters. The maximum atomic E-state index is 12.4. The lowest BCUT2D eigenvalue weighted by Gasteiger charge is -2.29. The predicted molar refractivity (Wildman–Crippen MR) is 78.4 cm³/mol. The van der Waals surface area contributed by atoms with E-state index in [4.69, 9.17) is 5.73 Å². The molecule has 1 aromatic heterocycles. The Hall–Kier alpha value is -2.72. The number of hydrogen-bond donors (Lipinski definition) is 2. The molecule has 0 aliphatic carbocycles. The summed E-state index contributed by atoms with van der Waals surface area (Å²) in [6.45, 7) is 0.204. The van der Waals surface area contributed by atoms with E-state index in [1.165, 1.54) is 11.9 Å². The quantitative estimate of drug-likeness (QED) is 0.553. The number of pyridine rings is 1. The van der Waals surface area contributed by atoms with E-state index in [2.05, 4.69) is 22.1 Å². The van der Waals surface area contributed by atoms with Gasteiger partial charge in [-0.1, -0.05) is 12.0 Å². The van der Waals surface area contributed by atoms with Crippen LogP contribution in [0.5, 0.6) is 0 Å². The Morgan fingerprint density at radius 1 is 1.50 bits per heavy atom. The number of carbonyl (C=O) groups is 3. The van der Waals surface area contributed by atoms with Crippen molar-refractivity contribution in [1.29, 1.82) is 0 Å². The van der Waals surface area contributed by atoms with E-state index in [9.17, 15) is 14.4 Å². The average Bonchev–Trinajstić information content (AvgIpc) is 2.52. The molecule has 1 aliphatic heterocycles. The summed E-state index contributed by atoms with van der Waals surface area (Å²) < 4.78 is 0. The van der Waals surface area contributed by atoms with Crippen molar-refractivity contribution in [3.63, 3.8) is 0 Å². The molecule has 1 unspecified atom stereocenters. The van der Waals surface area contributed by atoms with Crippen molar-refractivity contribution < 1.29 is 14.4 Å². The van der Waals surface area contributed by atoms with Crippen molar-refractivity contribution in [2.75, 3.05) is 13.6 Å². The molecule has 7 nitrogen and oxygen atoms in total. The minimum Gasteiger partial charge on any atom is -0.328 e. The summed E-state index contributed by atoms with van der Waals surface area (Å²) in [6, 6.07) is 4.22. The second-order valence-electron chi connectivity index (χ2n) is 4.80. The first-order valence-electron chi connectivity index (χ1n) is 6.79. The van der Waals surface area contributed by atoms with Gasteiger partial charge in [-0.15, -0.1) is 0 Å². The number of nitrogens with two attached hydrogens (primary N) is 1. The molecule has 2 rings (SSSR count). The lowest BCUT2D eigenvalue weighted by Crippen LogP contribution is -2.53. The van der Waals surface area contributed by atoms with Crippen LogP contribution in [-0.4, -0.2) is 47.2 Å². The van der Waals surface area contributed by atoms with Gasteiger partial charge in [0, 0.05) is 13.5 Å². The van der Waals surface area contributed by atoms with Gasteiger partial charge in [-0.2, -0.15) is 0 Å². The summed E-state index contributed by atoms with van der Waals surface area (Å²) in [4.78, 5) is 40.8. The molecule has 0 saturated carbocycles. The van der Waals surface area contributed by atoms with Gasteiger partial charge in [-0.3, -0.25) is 19.7 Å². The number of nitrogens with one attached hydrogen (secondary N) is 1. The lowest BCUT2D eigenvalue weighted by atomic mass is 10.0. The molecular formula is C15H16N4O3. The molecule has 1 saturated heterocycles. The van der Waals surface area contributed by atoms with E-state index in [0.717, 1.165) is 0 Å². The van der Waals surface area contributed by atoms with Crippen molar-refractivity contribution in [1.82, 2.24) is 15.2 Å². The molecule has 22 heavy (non-hydrogen) atoms. The van der Waals surface area contributed by atoms with Crippen molar-refractivity contribution in [3.05, 3.63) is 29.6 Å². The summed E-state index contributed by atoms with van der Waals surface area (Å²) in [5.74, 6) is 4.23. The van der Waals surface area contributed by atoms with Crippen molar-refractivity contribution in [2.45, 2.75) is 18.9 Å². The number of nitrogens with zero attached hydrogens (tertiary/aromatic N) is 2. The zero-order chi connectivity index (χ0) is 16.1. The van der Waals surface area contributed by atoms with Gasteiger partial charge in [0.2, 0.25) is 11.8 Å². The standard InChI is InChI=1S/C15H16N4O3/c1-19(12-7-8-13(20)18-14(12)21)15(22)11-6-2-4-10(17-11)5-3-9-16/h2,4,6,12H,7-9,16H2,1H3,(H,18,20,21). The van der Waals surface area contributed by atoms with Crippen LogP contribution in [-0.2, 0) is 9.59 Å². The fourth-order valence-corrected chi connectivity index (χ4v) is 2.14. The van der Waals surface area contributed by atoms with E-state index in [1.54, 1.807) is 18.2 Å². The van der Waals surface area contributed by atoms with Gasteiger partial charge in [0.25, 0.3) is 5.91 Å². The second kappa shape index (κ2) is 6.83. The van der Waals surface area contributed by atoms with Gasteiger partial charge >= 0.3 is 0 Å². The third-order valence-electron chi connectivity index (χ3n) is 3.28. The van der Waals surface area contributed by atoms with Crippen LogP contribution in [0.2, 0.25) is 0 Å². The Labute approximate surface area is 127 Å². The molecule has 7 heteroatoms. The van der Waals surface area contributed by atoms with E-state index >= 15 is 0 Å². The van der Waals surface area contributed by atoms with Crippen LogP contribution in [0.3, 0.4) is 0 Å². The molecule has 2 heterocycles. The topological polar surface area (TPSA) is 105 Å². The molecule has 0 radical (unpaired) electrons. The van der Waals surface area contributed by atoms with E-state index in [1.807, 2.05) is 0 Å². The number of aromatic nitrogens is 1. The van der Waals surface area contributed by atoms with Crippen LogP contribution < -0.4 is 11.1 Å². The lowest BCUT2D eigenvalue weighted by molar-refractivity contribution is -0.136. The monoisotopic (exact) mass is 300 g/mol. The van der Waals surface area contributed by atoms with Crippen LogP contribution in [0, 0.1) is 11.8 Å². The summed E-state index contributed by atoms with van der Waals surface area (Å²) in [6.07, 6.45) is 0.517. The van der Waals surface area contributed by atoms with Crippen LogP contribution in [0.15, 0.2) is 18.2 Å². The third kappa shape index (κ3) is 3.48. The first kappa shape index (κ1) is 15.7. The highest BCUT2D eigenvalue weighted by Gasteiger charge is 2.32. The highest BCUT2D eigenvalue weighted by Crippen LogP contribution is 2.13. The second-order valence-corrected chi connectivity index (χ2v) is 4.80. The Balaban J connectivity index is 2.17. The number of piperidine rings is 1. The first-order valence-corrected chi connectivity index (χ1v) is 6.79. The normalized spacial score (nSPS) is 17.3. The predicted octanol–water partition coefficient (Wildman–Crippen LogP) is -0.731. The summed E-state index contributed by atoms with van der Waals surface area (Å²) in [5.41, 5.74) is 5.93. The Bertz CT molecular complexity index is 675. The van der Waals surface area contributed by atoms with Crippen molar-refractivity contribution in [2.24, 2.45) is 5.73 Å². The van der Waals surface area contributed by atoms with Gasteiger partial charge in [0.1, 0.15) is 17.4 Å². The molecule has 0 aromatic carbocycles. The average molecular weight is 300 g/mol. The molecule has 3 amide bonds. The van der Waals surface area contributed by atoms with Crippen LogP contribution in [0.1, 0.15) is 29.0 Å². The minimum atomic E-state index is -0.675. The number of hydrogen-bond acceptors (Lipinski definition) is 5. The Morgan fingerprint density at radius 3 is 2.95 bits per heavy atom.